The third-order valence-electron chi connectivity index (χ3n) is 3.04. The van der Waals surface area contributed by atoms with Crippen LogP contribution in [0.25, 0.3) is 5.65 Å². The Bertz CT molecular complexity index is 665. The van der Waals surface area contributed by atoms with Gasteiger partial charge in [0.2, 0.25) is 0 Å². The van der Waals surface area contributed by atoms with Gasteiger partial charge in [0, 0.05) is 25.5 Å². The number of ether oxygens (including phenoxy) is 1. The van der Waals surface area contributed by atoms with E-state index in [1.807, 2.05) is 0 Å². The molecule has 1 aliphatic rings. The molecule has 0 atom stereocenters. The Kier molecular flexibility index (Phi) is 2.89. The van der Waals surface area contributed by atoms with Crippen LogP contribution in [0.3, 0.4) is 0 Å². The molecule has 1 saturated heterocycles. The van der Waals surface area contributed by atoms with Crippen molar-refractivity contribution in [2.45, 2.75) is 0 Å². The predicted octanol–water partition coefficient (Wildman–Crippen LogP) is 0.183. The fourth-order valence-corrected chi connectivity index (χ4v) is 2.09. The normalized spacial score (nSPS) is 15.4. The second kappa shape index (κ2) is 4.71. The molecule has 0 radical (unpaired) electrons. The van der Waals surface area contributed by atoms with E-state index in [1.165, 1.54) is 4.52 Å². The van der Waals surface area contributed by atoms with Crippen LogP contribution in [0, 0.1) is 12.3 Å². The van der Waals surface area contributed by atoms with Crippen LogP contribution < -0.4 is 0 Å². The Labute approximate surface area is 110 Å². The minimum absolute atomic E-state index is 0.165. The van der Waals surface area contributed by atoms with Crippen LogP contribution in [0.1, 0.15) is 16.1 Å². The Balaban J connectivity index is 2.04. The van der Waals surface area contributed by atoms with Gasteiger partial charge in [-0.1, -0.05) is 5.92 Å². The van der Waals surface area contributed by atoms with Crippen molar-refractivity contribution >= 4 is 11.6 Å². The zero-order chi connectivity index (χ0) is 13.2. The van der Waals surface area contributed by atoms with Gasteiger partial charge >= 0.3 is 0 Å². The van der Waals surface area contributed by atoms with Crippen LogP contribution in [0.15, 0.2) is 18.5 Å². The highest BCUT2D eigenvalue weighted by atomic mass is 16.5. The third-order valence-corrected chi connectivity index (χ3v) is 3.04. The number of carbonyl (C=O) groups is 1. The van der Waals surface area contributed by atoms with Crippen molar-refractivity contribution in [3.63, 3.8) is 0 Å². The monoisotopic (exact) mass is 256 g/mol. The van der Waals surface area contributed by atoms with E-state index in [2.05, 4.69) is 16.0 Å². The molecule has 0 unspecified atom stereocenters. The summed E-state index contributed by atoms with van der Waals surface area (Å²) in [5.41, 5.74) is 1.25. The number of aromatic nitrogens is 3. The van der Waals surface area contributed by atoms with Crippen LogP contribution >= 0.6 is 0 Å². The van der Waals surface area contributed by atoms with Gasteiger partial charge in [0.1, 0.15) is 5.56 Å². The zero-order valence-corrected chi connectivity index (χ0v) is 10.2. The molecule has 6 heteroatoms. The zero-order valence-electron chi connectivity index (χ0n) is 10.2. The lowest BCUT2D eigenvalue weighted by atomic mass is 10.2. The number of carbonyl (C=O) groups excluding carboxylic acids is 1. The number of hydrogen-bond acceptors (Lipinski definition) is 4. The second-order valence-corrected chi connectivity index (χ2v) is 4.16. The minimum Gasteiger partial charge on any atom is -0.378 e. The molecular formula is C13H12N4O2. The summed E-state index contributed by atoms with van der Waals surface area (Å²) in [4.78, 5) is 18.3. The van der Waals surface area contributed by atoms with Gasteiger partial charge < -0.3 is 9.64 Å². The maximum absolute atomic E-state index is 12.4. The van der Waals surface area contributed by atoms with Crippen molar-refractivity contribution in [3.8, 4) is 12.3 Å². The van der Waals surface area contributed by atoms with E-state index in [0.29, 0.717) is 37.5 Å². The summed E-state index contributed by atoms with van der Waals surface area (Å²) in [6.07, 6.45) is 8.84. The smallest absolute Gasteiger partial charge is 0.275 e. The molecule has 0 spiro atoms. The molecule has 0 saturated carbocycles. The molecule has 0 bridgehead atoms. The van der Waals surface area contributed by atoms with Gasteiger partial charge in [-0.25, -0.2) is 9.50 Å². The standard InChI is InChI=1S/C13H12N4O2/c1-2-10-11(13(18)16-6-8-19-9-7-16)15-17-5-3-4-14-12(10)17/h1,3-5H,6-9H2. The Hall–Kier alpha value is -2.39. The summed E-state index contributed by atoms with van der Waals surface area (Å²) in [6.45, 7) is 2.21. The van der Waals surface area contributed by atoms with Crippen LogP contribution in [0.2, 0.25) is 0 Å². The number of morpholine rings is 1. The summed E-state index contributed by atoms with van der Waals surface area (Å²) >= 11 is 0. The van der Waals surface area contributed by atoms with Crippen LogP contribution in [0.4, 0.5) is 0 Å². The van der Waals surface area contributed by atoms with E-state index < -0.39 is 0 Å². The highest BCUT2D eigenvalue weighted by molar-refractivity contribution is 5.96. The first-order chi connectivity index (χ1) is 9.31. The quantitative estimate of drug-likeness (QED) is 0.683. The number of fused-ring (bicyclic) bond motifs is 1. The first-order valence-corrected chi connectivity index (χ1v) is 5.98. The Morgan fingerprint density at radius 2 is 2.21 bits per heavy atom. The number of hydrogen-bond donors (Lipinski definition) is 0. The lowest BCUT2D eigenvalue weighted by Gasteiger charge is -2.26. The molecule has 0 aromatic carbocycles. The summed E-state index contributed by atoms with van der Waals surface area (Å²) in [6, 6.07) is 1.74. The van der Waals surface area contributed by atoms with Crippen molar-refractivity contribution < 1.29 is 9.53 Å². The van der Waals surface area contributed by atoms with Gasteiger partial charge in [0.15, 0.2) is 11.3 Å². The molecule has 3 heterocycles. The van der Waals surface area contributed by atoms with Gasteiger partial charge in [-0.05, 0) is 6.07 Å². The van der Waals surface area contributed by atoms with Crippen molar-refractivity contribution in [1.29, 1.82) is 0 Å². The third kappa shape index (κ3) is 1.94. The van der Waals surface area contributed by atoms with Gasteiger partial charge in [0.05, 0.1) is 13.2 Å². The largest absolute Gasteiger partial charge is 0.378 e. The van der Waals surface area contributed by atoms with E-state index in [0.717, 1.165) is 0 Å². The Morgan fingerprint density at radius 3 is 2.95 bits per heavy atom. The highest BCUT2D eigenvalue weighted by Gasteiger charge is 2.25. The molecule has 1 amide bonds. The molecule has 1 fully saturated rings. The molecular weight excluding hydrogens is 244 g/mol. The average molecular weight is 256 g/mol. The first-order valence-electron chi connectivity index (χ1n) is 5.98. The molecule has 19 heavy (non-hydrogen) atoms. The average Bonchev–Trinajstić information content (AvgIpc) is 2.85. The summed E-state index contributed by atoms with van der Waals surface area (Å²) in [7, 11) is 0. The summed E-state index contributed by atoms with van der Waals surface area (Å²) < 4.78 is 6.76. The maximum atomic E-state index is 12.4. The maximum Gasteiger partial charge on any atom is 0.275 e. The lowest BCUT2D eigenvalue weighted by Crippen LogP contribution is -2.41. The van der Waals surface area contributed by atoms with E-state index in [1.54, 1.807) is 23.4 Å². The van der Waals surface area contributed by atoms with E-state index in [4.69, 9.17) is 11.2 Å². The fraction of sp³-hybridized carbons (Fsp3) is 0.308. The number of rotatable bonds is 1. The SMILES string of the molecule is C#Cc1c(C(=O)N2CCOCC2)nn2cccnc12. The van der Waals surface area contributed by atoms with Crippen LogP contribution in [-0.2, 0) is 4.74 Å². The van der Waals surface area contributed by atoms with Gasteiger partial charge in [-0.2, -0.15) is 5.10 Å². The van der Waals surface area contributed by atoms with Crippen molar-refractivity contribution in [1.82, 2.24) is 19.5 Å². The summed E-state index contributed by atoms with van der Waals surface area (Å²) in [5.74, 6) is 2.35. The first kappa shape index (κ1) is 11.7. The molecule has 2 aromatic rings. The lowest BCUT2D eigenvalue weighted by molar-refractivity contribution is 0.0298. The number of terminal acetylenes is 1. The molecule has 0 aliphatic carbocycles. The van der Waals surface area contributed by atoms with Gasteiger partial charge in [-0.15, -0.1) is 6.42 Å². The topological polar surface area (TPSA) is 59.7 Å². The Morgan fingerprint density at radius 1 is 1.42 bits per heavy atom. The molecule has 3 rings (SSSR count). The summed E-state index contributed by atoms with van der Waals surface area (Å²) in [5, 5.41) is 4.24. The van der Waals surface area contributed by atoms with Crippen LogP contribution in [-0.4, -0.2) is 51.7 Å². The van der Waals surface area contributed by atoms with Crippen molar-refractivity contribution in [2.75, 3.05) is 26.3 Å². The van der Waals surface area contributed by atoms with Gasteiger partial charge in [-0.3, -0.25) is 4.79 Å². The number of nitrogens with zero attached hydrogens (tertiary/aromatic N) is 4. The van der Waals surface area contributed by atoms with E-state index in [9.17, 15) is 4.79 Å². The predicted molar refractivity (Wildman–Crippen MR) is 67.6 cm³/mol. The van der Waals surface area contributed by atoms with Crippen molar-refractivity contribution in [2.24, 2.45) is 0 Å². The van der Waals surface area contributed by atoms with E-state index >= 15 is 0 Å². The molecule has 2 aromatic heterocycles. The number of amides is 1. The molecule has 6 nitrogen and oxygen atoms in total. The van der Waals surface area contributed by atoms with Crippen molar-refractivity contribution in [3.05, 3.63) is 29.7 Å². The minimum atomic E-state index is -0.165. The van der Waals surface area contributed by atoms with Gasteiger partial charge in [0.25, 0.3) is 5.91 Å². The highest BCUT2D eigenvalue weighted by Crippen LogP contribution is 2.15. The fourth-order valence-electron chi connectivity index (χ4n) is 2.09. The molecule has 96 valence electrons. The molecule has 1 aliphatic heterocycles. The molecule has 0 N–H and O–H groups in total. The van der Waals surface area contributed by atoms with Crippen LogP contribution in [0.5, 0.6) is 0 Å². The second-order valence-electron chi connectivity index (χ2n) is 4.16. The van der Waals surface area contributed by atoms with E-state index in [-0.39, 0.29) is 11.6 Å².